The van der Waals surface area contributed by atoms with Crippen LogP contribution in [0.15, 0.2) is 53.4 Å². The van der Waals surface area contributed by atoms with Crippen LogP contribution in [0.1, 0.15) is 12.0 Å². The van der Waals surface area contributed by atoms with Gasteiger partial charge in [0.05, 0.1) is 6.42 Å². The minimum absolute atomic E-state index is 0.0584. The maximum atomic E-state index is 13.5. The Morgan fingerprint density at radius 1 is 1.04 bits per heavy atom. The number of anilines is 1. The molecule has 24 heavy (non-hydrogen) atoms. The minimum Gasteiger partial charge on any atom is -0.359 e. The summed E-state index contributed by atoms with van der Waals surface area (Å²) in [5, 5.41) is 5.35. The Bertz CT molecular complexity index is 704. The zero-order valence-electron chi connectivity index (χ0n) is 13.3. The first-order valence-corrected chi connectivity index (χ1v) is 8.54. The van der Waals surface area contributed by atoms with E-state index in [9.17, 15) is 14.0 Å². The van der Waals surface area contributed by atoms with E-state index in [1.165, 1.54) is 17.8 Å². The number of carbonyl (C=O) groups is 2. The van der Waals surface area contributed by atoms with E-state index < -0.39 is 0 Å². The molecule has 4 nitrogen and oxygen atoms in total. The van der Waals surface area contributed by atoms with Crippen LogP contribution in [-0.4, -0.2) is 24.6 Å². The second-order valence-electron chi connectivity index (χ2n) is 5.12. The van der Waals surface area contributed by atoms with Crippen molar-refractivity contribution in [3.8, 4) is 0 Å². The van der Waals surface area contributed by atoms with E-state index in [0.29, 0.717) is 29.2 Å². The van der Waals surface area contributed by atoms with Crippen LogP contribution in [0, 0.1) is 5.82 Å². The van der Waals surface area contributed by atoms with Crippen molar-refractivity contribution in [3.63, 3.8) is 0 Å². The van der Waals surface area contributed by atoms with E-state index in [1.807, 2.05) is 0 Å². The Balaban J connectivity index is 1.78. The summed E-state index contributed by atoms with van der Waals surface area (Å²) >= 11 is 1.32. The van der Waals surface area contributed by atoms with Crippen LogP contribution >= 0.6 is 11.8 Å². The smallest absolute Gasteiger partial charge is 0.225 e. The van der Waals surface area contributed by atoms with Gasteiger partial charge in [-0.2, -0.15) is 0 Å². The summed E-state index contributed by atoms with van der Waals surface area (Å²) in [6.45, 7) is 0. The molecule has 0 heterocycles. The quantitative estimate of drug-likeness (QED) is 0.757. The lowest BCUT2D eigenvalue weighted by Gasteiger charge is -2.07. The zero-order chi connectivity index (χ0) is 17.4. The van der Waals surface area contributed by atoms with Crippen LogP contribution < -0.4 is 10.6 Å². The van der Waals surface area contributed by atoms with Crippen molar-refractivity contribution in [1.82, 2.24) is 5.32 Å². The summed E-state index contributed by atoms with van der Waals surface area (Å²) in [6, 6.07) is 13.6. The number of nitrogens with one attached hydrogen (secondary N) is 2. The molecule has 0 aliphatic rings. The van der Waals surface area contributed by atoms with Crippen molar-refractivity contribution < 1.29 is 14.0 Å². The number of rotatable bonds is 7. The SMILES string of the molecule is CNC(=O)Cc1ccc(NC(=O)CCSc2ccccc2F)cc1. The Labute approximate surface area is 144 Å². The van der Waals surface area contributed by atoms with Crippen LogP contribution in [0.25, 0.3) is 0 Å². The predicted molar refractivity (Wildman–Crippen MR) is 94.6 cm³/mol. The van der Waals surface area contributed by atoms with Gasteiger partial charge in [-0.05, 0) is 29.8 Å². The van der Waals surface area contributed by atoms with Gasteiger partial charge in [-0.3, -0.25) is 9.59 Å². The molecule has 0 atom stereocenters. The average Bonchev–Trinajstić information content (AvgIpc) is 2.58. The molecule has 0 radical (unpaired) electrons. The van der Waals surface area contributed by atoms with Crippen molar-refractivity contribution in [1.29, 1.82) is 0 Å². The van der Waals surface area contributed by atoms with Crippen molar-refractivity contribution >= 4 is 29.3 Å². The highest BCUT2D eigenvalue weighted by Gasteiger charge is 2.06. The summed E-state index contributed by atoms with van der Waals surface area (Å²) in [7, 11) is 1.59. The van der Waals surface area contributed by atoms with E-state index in [2.05, 4.69) is 10.6 Å². The number of hydrogen-bond donors (Lipinski definition) is 2. The maximum Gasteiger partial charge on any atom is 0.225 e. The molecule has 126 valence electrons. The van der Waals surface area contributed by atoms with Crippen LogP contribution in [0.4, 0.5) is 10.1 Å². The standard InChI is InChI=1S/C18H19FN2O2S/c1-20-18(23)12-13-6-8-14(9-7-13)21-17(22)10-11-24-16-5-3-2-4-15(16)19/h2-9H,10-12H2,1H3,(H,20,23)(H,21,22). The fraction of sp³-hybridized carbons (Fsp3) is 0.222. The van der Waals surface area contributed by atoms with E-state index in [0.717, 1.165) is 5.56 Å². The van der Waals surface area contributed by atoms with Crippen LogP contribution in [0.5, 0.6) is 0 Å². The van der Waals surface area contributed by atoms with Crippen LogP contribution in [0.3, 0.4) is 0 Å². The average molecular weight is 346 g/mol. The highest BCUT2D eigenvalue weighted by Crippen LogP contribution is 2.22. The molecule has 0 fully saturated rings. The molecule has 2 aromatic rings. The molecule has 0 saturated carbocycles. The minimum atomic E-state index is -0.269. The molecule has 0 spiro atoms. The number of hydrogen-bond acceptors (Lipinski definition) is 3. The molecule has 2 amide bonds. The number of halogens is 1. The van der Waals surface area contributed by atoms with E-state index in [-0.39, 0.29) is 17.6 Å². The Morgan fingerprint density at radius 3 is 2.42 bits per heavy atom. The second-order valence-corrected chi connectivity index (χ2v) is 6.26. The van der Waals surface area contributed by atoms with Crippen molar-refractivity contribution in [2.75, 3.05) is 18.1 Å². The van der Waals surface area contributed by atoms with E-state index in [1.54, 1.807) is 49.5 Å². The van der Waals surface area contributed by atoms with Gasteiger partial charge < -0.3 is 10.6 Å². The lowest BCUT2D eigenvalue weighted by Crippen LogP contribution is -2.19. The third-order valence-electron chi connectivity index (χ3n) is 3.30. The molecular formula is C18H19FN2O2S. The highest BCUT2D eigenvalue weighted by molar-refractivity contribution is 7.99. The second kappa shape index (κ2) is 9.08. The molecule has 6 heteroatoms. The first-order chi connectivity index (χ1) is 11.6. The fourth-order valence-electron chi connectivity index (χ4n) is 2.02. The van der Waals surface area contributed by atoms with E-state index >= 15 is 0 Å². The third kappa shape index (κ3) is 5.70. The lowest BCUT2D eigenvalue weighted by molar-refractivity contribution is -0.120. The summed E-state index contributed by atoms with van der Waals surface area (Å²) in [5.74, 6) is 0.0473. The lowest BCUT2D eigenvalue weighted by atomic mass is 10.1. The van der Waals surface area contributed by atoms with Gasteiger partial charge in [-0.1, -0.05) is 24.3 Å². The van der Waals surface area contributed by atoms with Gasteiger partial charge in [0, 0.05) is 29.8 Å². The highest BCUT2D eigenvalue weighted by atomic mass is 32.2. The van der Waals surface area contributed by atoms with Crippen LogP contribution in [-0.2, 0) is 16.0 Å². The number of thioether (sulfide) groups is 1. The maximum absolute atomic E-state index is 13.5. The predicted octanol–water partition coefficient (Wildman–Crippen LogP) is 3.24. The van der Waals surface area contributed by atoms with Gasteiger partial charge in [-0.25, -0.2) is 4.39 Å². The zero-order valence-corrected chi connectivity index (χ0v) is 14.2. The van der Waals surface area contributed by atoms with Gasteiger partial charge in [0.15, 0.2) is 0 Å². The van der Waals surface area contributed by atoms with Gasteiger partial charge in [0.2, 0.25) is 11.8 Å². The molecular weight excluding hydrogens is 327 g/mol. The van der Waals surface area contributed by atoms with Gasteiger partial charge in [0.1, 0.15) is 5.82 Å². The first-order valence-electron chi connectivity index (χ1n) is 7.55. The molecule has 0 aromatic heterocycles. The monoisotopic (exact) mass is 346 g/mol. The summed E-state index contributed by atoms with van der Waals surface area (Å²) in [5.41, 5.74) is 1.55. The topological polar surface area (TPSA) is 58.2 Å². The molecule has 0 bridgehead atoms. The number of amides is 2. The molecule has 0 aliphatic carbocycles. The number of carbonyl (C=O) groups excluding carboxylic acids is 2. The molecule has 2 rings (SSSR count). The molecule has 2 N–H and O–H groups in total. The third-order valence-corrected chi connectivity index (χ3v) is 4.35. The number of benzene rings is 2. The van der Waals surface area contributed by atoms with Gasteiger partial charge in [0.25, 0.3) is 0 Å². The summed E-state index contributed by atoms with van der Waals surface area (Å²) in [4.78, 5) is 23.8. The summed E-state index contributed by atoms with van der Waals surface area (Å²) in [6.07, 6.45) is 0.600. The fourth-order valence-corrected chi connectivity index (χ4v) is 2.91. The first kappa shape index (κ1) is 18.0. The van der Waals surface area contributed by atoms with Crippen molar-refractivity contribution in [2.24, 2.45) is 0 Å². The molecule has 0 aliphatic heterocycles. The van der Waals surface area contributed by atoms with Gasteiger partial charge in [-0.15, -0.1) is 11.8 Å². The molecule has 0 unspecified atom stereocenters. The number of likely N-dealkylation sites (N-methyl/N-ethyl adjacent to an activating group) is 1. The molecule has 0 saturated heterocycles. The normalized spacial score (nSPS) is 10.2. The Kier molecular flexibility index (Phi) is 6.81. The Hall–Kier alpha value is -2.34. The molecule has 2 aromatic carbocycles. The summed E-state index contributed by atoms with van der Waals surface area (Å²) < 4.78 is 13.5. The van der Waals surface area contributed by atoms with Crippen molar-refractivity contribution in [2.45, 2.75) is 17.7 Å². The van der Waals surface area contributed by atoms with Crippen LogP contribution in [0.2, 0.25) is 0 Å². The van der Waals surface area contributed by atoms with Gasteiger partial charge >= 0.3 is 0 Å². The Morgan fingerprint density at radius 2 is 1.75 bits per heavy atom. The van der Waals surface area contributed by atoms with E-state index in [4.69, 9.17) is 0 Å². The van der Waals surface area contributed by atoms with Crippen molar-refractivity contribution in [3.05, 3.63) is 59.9 Å². The largest absolute Gasteiger partial charge is 0.359 e.